The van der Waals surface area contributed by atoms with Crippen molar-refractivity contribution in [3.8, 4) is 0 Å². The van der Waals surface area contributed by atoms with E-state index in [1.807, 2.05) is 6.92 Å². The first kappa shape index (κ1) is 6.65. The molecule has 1 aliphatic rings. The molecule has 0 amide bonds. The van der Waals surface area contributed by atoms with Crippen molar-refractivity contribution in [1.82, 2.24) is 4.98 Å². The lowest BCUT2D eigenvalue weighted by Crippen LogP contribution is -1.81. The minimum atomic E-state index is 0.779. The maximum Gasteiger partial charge on any atom is 0.191 e. The van der Waals surface area contributed by atoms with Gasteiger partial charge in [-0.1, -0.05) is 6.08 Å². The number of nitrogens with zero attached hydrogens (tertiary/aromatic N) is 1. The fraction of sp³-hybridized carbons (Fsp3) is 0.444. The number of rotatable bonds is 0. The highest BCUT2D eigenvalue weighted by molar-refractivity contribution is 5.47. The summed E-state index contributed by atoms with van der Waals surface area (Å²) in [6, 6.07) is 0. The van der Waals surface area contributed by atoms with Crippen LogP contribution in [0.25, 0.3) is 6.08 Å². The molecule has 1 aromatic heterocycles. The molecule has 0 unspecified atom stereocenters. The molecule has 1 aliphatic carbocycles. The van der Waals surface area contributed by atoms with Gasteiger partial charge < -0.3 is 4.42 Å². The van der Waals surface area contributed by atoms with Gasteiger partial charge in [0.1, 0.15) is 11.5 Å². The summed E-state index contributed by atoms with van der Waals surface area (Å²) < 4.78 is 5.42. The summed E-state index contributed by atoms with van der Waals surface area (Å²) in [5.74, 6) is 1.83. The van der Waals surface area contributed by atoms with Crippen molar-refractivity contribution in [1.29, 1.82) is 0 Å². The highest BCUT2D eigenvalue weighted by atomic mass is 16.4. The zero-order chi connectivity index (χ0) is 7.68. The zero-order valence-corrected chi connectivity index (χ0v) is 6.63. The Morgan fingerprint density at radius 1 is 1.55 bits per heavy atom. The van der Waals surface area contributed by atoms with Crippen molar-refractivity contribution in [2.75, 3.05) is 0 Å². The first-order chi connectivity index (χ1) is 5.36. The lowest BCUT2D eigenvalue weighted by molar-refractivity contribution is 0.470. The van der Waals surface area contributed by atoms with Crippen LogP contribution < -0.4 is 0 Å². The Balaban J connectivity index is 2.44. The van der Waals surface area contributed by atoms with Crippen LogP contribution in [0.3, 0.4) is 0 Å². The Morgan fingerprint density at radius 2 is 2.45 bits per heavy atom. The number of fused-ring (bicyclic) bond motifs is 1. The largest absolute Gasteiger partial charge is 0.445 e. The second-order valence-electron chi connectivity index (χ2n) is 2.84. The second-order valence-corrected chi connectivity index (χ2v) is 2.84. The molecule has 2 rings (SSSR count). The van der Waals surface area contributed by atoms with E-state index in [0.29, 0.717) is 0 Å². The smallest absolute Gasteiger partial charge is 0.191 e. The Bertz CT molecular complexity index is 286. The number of allylic oxidation sites excluding steroid dienone is 1. The van der Waals surface area contributed by atoms with Crippen molar-refractivity contribution < 1.29 is 4.42 Å². The Morgan fingerprint density at radius 3 is 3.36 bits per heavy atom. The molecule has 2 nitrogen and oxygen atoms in total. The first-order valence-electron chi connectivity index (χ1n) is 3.99. The summed E-state index contributed by atoms with van der Waals surface area (Å²) in [6.07, 6.45) is 7.57. The average molecular weight is 149 g/mol. The SMILES string of the molecule is Cc1nc2c(o1)CCCC=C2. The standard InChI is InChI=1S/C9H11NO/c1-7-10-8-5-3-2-4-6-9(8)11-7/h3,5H,2,4,6H2,1H3. The van der Waals surface area contributed by atoms with Gasteiger partial charge in [0, 0.05) is 13.3 Å². The van der Waals surface area contributed by atoms with Crippen molar-refractivity contribution in [3.05, 3.63) is 23.4 Å². The van der Waals surface area contributed by atoms with Gasteiger partial charge in [-0.05, 0) is 18.9 Å². The van der Waals surface area contributed by atoms with E-state index in [9.17, 15) is 0 Å². The Hall–Kier alpha value is -1.05. The number of hydrogen-bond acceptors (Lipinski definition) is 2. The van der Waals surface area contributed by atoms with E-state index in [0.717, 1.165) is 30.2 Å². The Kier molecular flexibility index (Phi) is 1.53. The molecule has 0 fully saturated rings. The summed E-state index contributed by atoms with van der Waals surface area (Å²) >= 11 is 0. The number of aryl methyl sites for hydroxylation is 2. The summed E-state index contributed by atoms with van der Waals surface area (Å²) in [5.41, 5.74) is 1.03. The van der Waals surface area contributed by atoms with Crippen LogP contribution in [0, 0.1) is 6.92 Å². The van der Waals surface area contributed by atoms with E-state index in [2.05, 4.69) is 17.1 Å². The zero-order valence-electron chi connectivity index (χ0n) is 6.63. The van der Waals surface area contributed by atoms with Crippen LogP contribution in [0.2, 0.25) is 0 Å². The molecule has 0 bridgehead atoms. The van der Waals surface area contributed by atoms with Gasteiger partial charge >= 0.3 is 0 Å². The summed E-state index contributed by atoms with van der Waals surface area (Å²) in [4.78, 5) is 4.26. The van der Waals surface area contributed by atoms with E-state index in [-0.39, 0.29) is 0 Å². The predicted octanol–water partition coefficient (Wildman–Crippen LogP) is 2.33. The van der Waals surface area contributed by atoms with Crippen molar-refractivity contribution in [2.24, 2.45) is 0 Å². The fourth-order valence-corrected chi connectivity index (χ4v) is 1.37. The predicted molar refractivity (Wildman–Crippen MR) is 43.2 cm³/mol. The normalized spacial score (nSPS) is 16.1. The number of oxazole rings is 1. The molecule has 0 saturated heterocycles. The third-order valence-corrected chi connectivity index (χ3v) is 1.88. The molecule has 1 heterocycles. The van der Waals surface area contributed by atoms with Crippen molar-refractivity contribution in [3.63, 3.8) is 0 Å². The van der Waals surface area contributed by atoms with Crippen LogP contribution in [-0.4, -0.2) is 4.98 Å². The highest BCUT2D eigenvalue weighted by Crippen LogP contribution is 2.18. The maximum atomic E-state index is 5.42. The molecule has 2 heteroatoms. The Labute approximate surface area is 65.9 Å². The van der Waals surface area contributed by atoms with Crippen LogP contribution in [-0.2, 0) is 6.42 Å². The van der Waals surface area contributed by atoms with E-state index >= 15 is 0 Å². The summed E-state index contributed by atoms with van der Waals surface area (Å²) in [6.45, 7) is 1.89. The minimum absolute atomic E-state index is 0.779. The van der Waals surface area contributed by atoms with Crippen LogP contribution in [0.4, 0.5) is 0 Å². The lowest BCUT2D eigenvalue weighted by Gasteiger charge is -1.89. The quantitative estimate of drug-likeness (QED) is 0.565. The van der Waals surface area contributed by atoms with Gasteiger partial charge in [0.2, 0.25) is 0 Å². The highest BCUT2D eigenvalue weighted by Gasteiger charge is 2.09. The lowest BCUT2D eigenvalue weighted by atomic mass is 10.2. The molecular weight excluding hydrogens is 138 g/mol. The molecule has 0 radical (unpaired) electrons. The van der Waals surface area contributed by atoms with E-state index in [4.69, 9.17) is 4.42 Å². The molecule has 0 saturated carbocycles. The van der Waals surface area contributed by atoms with Gasteiger partial charge in [-0.25, -0.2) is 4.98 Å². The molecular formula is C9H11NO. The summed E-state index contributed by atoms with van der Waals surface area (Å²) in [7, 11) is 0. The van der Waals surface area contributed by atoms with Gasteiger partial charge in [0.25, 0.3) is 0 Å². The van der Waals surface area contributed by atoms with Crippen LogP contribution >= 0.6 is 0 Å². The third kappa shape index (κ3) is 1.20. The maximum absolute atomic E-state index is 5.42. The van der Waals surface area contributed by atoms with Gasteiger partial charge in [0.05, 0.1) is 0 Å². The molecule has 0 spiro atoms. The van der Waals surface area contributed by atoms with Gasteiger partial charge in [0.15, 0.2) is 5.89 Å². The molecule has 0 aromatic carbocycles. The molecule has 58 valence electrons. The van der Waals surface area contributed by atoms with Crippen LogP contribution in [0.1, 0.15) is 30.2 Å². The van der Waals surface area contributed by atoms with E-state index < -0.39 is 0 Å². The monoisotopic (exact) mass is 149 g/mol. The number of hydrogen-bond donors (Lipinski definition) is 0. The minimum Gasteiger partial charge on any atom is -0.445 e. The molecule has 1 aromatic rings. The van der Waals surface area contributed by atoms with Gasteiger partial charge in [-0.15, -0.1) is 0 Å². The third-order valence-electron chi connectivity index (χ3n) is 1.88. The topological polar surface area (TPSA) is 26.0 Å². The number of aromatic nitrogens is 1. The molecule has 0 atom stereocenters. The van der Waals surface area contributed by atoms with Crippen molar-refractivity contribution in [2.45, 2.75) is 26.2 Å². The van der Waals surface area contributed by atoms with Crippen LogP contribution in [0.15, 0.2) is 10.5 Å². The van der Waals surface area contributed by atoms with E-state index in [1.165, 1.54) is 6.42 Å². The molecule has 0 aliphatic heterocycles. The van der Waals surface area contributed by atoms with Crippen LogP contribution in [0.5, 0.6) is 0 Å². The van der Waals surface area contributed by atoms with Gasteiger partial charge in [-0.3, -0.25) is 0 Å². The van der Waals surface area contributed by atoms with E-state index in [1.54, 1.807) is 0 Å². The second kappa shape index (κ2) is 2.53. The average Bonchev–Trinajstić information content (AvgIpc) is 2.17. The van der Waals surface area contributed by atoms with Gasteiger partial charge in [-0.2, -0.15) is 0 Å². The van der Waals surface area contributed by atoms with Crippen molar-refractivity contribution >= 4 is 6.08 Å². The molecule has 0 N–H and O–H groups in total. The molecule has 11 heavy (non-hydrogen) atoms. The fourth-order valence-electron chi connectivity index (χ4n) is 1.37. The summed E-state index contributed by atoms with van der Waals surface area (Å²) in [5, 5.41) is 0. The first-order valence-corrected chi connectivity index (χ1v) is 3.99.